The Hall–Kier alpha value is -0.400. The summed E-state index contributed by atoms with van der Waals surface area (Å²) in [5.74, 6) is -4.88. The van der Waals surface area contributed by atoms with E-state index in [2.05, 4.69) is 0 Å². The summed E-state index contributed by atoms with van der Waals surface area (Å²) < 4.78 is 75.8. The van der Waals surface area contributed by atoms with Crippen molar-refractivity contribution in [1.82, 2.24) is 0 Å². The van der Waals surface area contributed by atoms with Crippen LogP contribution in [0.25, 0.3) is 0 Å². The lowest BCUT2D eigenvalue weighted by Crippen LogP contribution is -2.46. The van der Waals surface area contributed by atoms with Crippen LogP contribution >= 0.6 is 11.8 Å². The molecule has 0 aromatic rings. The molecule has 0 heterocycles. The van der Waals surface area contributed by atoms with Crippen molar-refractivity contribution >= 4 is 16.9 Å². The maximum absolute atomic E-state index is 13.1. The van der Waals surface area contributed by atoms with Gasteiger partial charge in [-0.15, -0.1) is 0 Å². The third-order valence-electron chi connectivity index (χ3n) is 2.18. The normalized spacial score (nSPS) is 17.3. The maximum atomic E-state index is 13.1. The van der Waals surface area contributed by atoms with E-state index in [0.29, 0.717) is 11.8 Å². The van der Waals surface area contributed by atoms with Crippen molar-refractivity contribution in [3.63, 3.8) is 0 Å². The number of hydrogen-bond donors (Lipinski definition) is 0. The van der Waals surface area contributed by atoms with Crippen LogP contribution in [0.4, 0.5) is 26.3 Å². The van der Waals surface area contributed by atoms with Crippen molar-refractivity contribution in [2.75, 3.05) is 12.4 Å². The average molecular weight is 296 g/mol. The zero-order valence-electron chi connectivity index (χ0n) is 9.64. The number of rotatable bonds is 8. The second-order valence-electron chi connectivity index (χ2n) is 3.58. The number of carbonyl (C=O) groups is 1. The molecule has 0 bridgehead atoms. The number of carbonyl (C=O) groups excluding carboxylic acids is 1. The van der Waals surface area contributed by atoms with Crippen LogP contribution in [0.2, 0.25) is 0 Å². The van der Waals surface area contributed by atoms with E-state index >= 15 is 0 Å². The molecule has 0 fully saturated rings. The van der Waals surface area contributed by atoms with Gasteiger partial charge in [-0.05, 0) is 6.42 Å². The molecule has 0 saturated heterocycles. The van der Waals surface area contributed by atoms with Crippen LogP contribution in [0.15, 0.2) is 0 Å². The van der Waals surface area contributed by atoms with Gasteiger partial charge >= 0.3 is 5.92 Å². The summed E-state index contributed by atoms with van der Waals surface area (Å²) in [5.41, 5.74) is 0. The largest absolute Gasteiger partial charge is 0.314 e. The Bertz CT molecular complexity index is 263. The summed E-state index contributed by atoms with van der Waals surface area (Å²) >= 11 is 0.689. The van der Waals surface area contributed by atoms with Gasteiger partial charge in [-0.1, -0.05) is 18.7 Å². The summed E-state index contributed by atoms with van der Waals surface area (Å²) in [6, 6.07) is 0. The van der Waals surface area contributed by atoms with Crippen LogP contribution < -0.4 is 0 Å². The summed E-state index contributed by atoms with van der Waals surface area (Å²) in [6.07, 6.45) is -9.89. The lowest BCUT2D eigenvalue weighted by molar-refractivity contribution is -0.150. The van der Waals surface area contributed by atoms with Gasteiger partial charge in [-0.2, -0.15) is 8.78 Å². The van der Waals surface area contributed by atoms with Crippen molar-refractivity contribution in [3.8, 4) is 0 Å². The third kappa shape index (κ3) is 5.07. The number of alkyl halides is 6. The quantitative estimate of drug-likeness (QED) is 0.636. The molecular formula is C10H14F6OS. The first-order valence-corrected chi connectivity index (χ1v) is 6.27. The molecular weight excluding hydrogens is 282 g/mol. The van der Waals surface area contributed by atoms with Crippen LogP contribution in [0.5, 0.6) is 0 Å². The minimum absolute atomic E-state index is 0.184. The summed E-state index contributed by atoms with van der Waals surface area (Å²) in [6.45, 7) is -0.521. The predicted molar refractivity (Wildman–Crippen MR) is 58.0 cm³/mol. The molecule has 3 atom stereocenters. The lowest BCUT2D eigenvalue weighted by atomic mass is 10.0. The van der Waals surface area contributed by atoms with Gasteiger partial charge in [0, 0.05) is 12.2 Å². The molecule has 8 heteroatoms. The zero-order valence-corrected chi connectivity index (χ0v) is 10.5. The Morgan fingerprint density at radius 1 is 1.28 bits per heavy atom. The summed E-state index contributed by atoms with van der Waals surface area (Å²) in [7, 11) is 0. The molecule has 18 heavy (non-hydrogen) atoms. The molecule has 3 unspecified atom stereocenters. The van der Waals surface area contributed by atoms with Gasteiger partial charge < -0.3 is 0 Å². The predicted octanol–water partition coefficient (Wildman–Crippen LogP) is 3.67. The second kappa shape index (κ2) is 7.91. The number of halogens is 6. The minimum Gasteiger partial charge on any atom is -0.287 e. The molecule has 0 aromatic heterocycles. The first kappa shape index (κ1) is 17.6. The van der Waals surface area contributed by atoms with Crippen molar-refractivity contribution in [1.29, 1.82) is 0 Å². The highest BCUT2D eigenvalue weighted by Crippen LogP contribution is 2.33. The van der Waals surface area contributed by atoms with Crippen LogP contribution in [0, 0.1) is 0 Å². The van der Waals surface area contributed by atoms with Gasteiger partial charge in [0.1, 0.15) is 12.8 Å². The van der Waals surface area contributed by atoms with Crippen molar-refractivity contribution in [2.45, 2.75) is 44.2 Å². The Labute approximate surface area is 105 Å². The standard InChI is InChI=1S/C10H14F6OS/c1-2-8(17)18-4-3-6(12)9(14)10(15,16)7(13)5-11/h6-7,9H,2-5H2,1H3. The van der Waals surface area contributed by atoms with Gasteiger partial charge in [-0.25, -0.2) is 17.6 Å². The molecule has 0 spiro atoms. The van der Waals surface area contributed by atoms with Crippen molar-refractivity contribution in [2.24, 2.45) is 0 Å². The Morgan fingerprint density at radius 2 is 1.83 bits per heavy atom. The van der Waals surface area contributed by atoms with Crippen LogP contribution in [0.1, 0.15) is 19.8 Å². The zero-order chi connectivity index (χ0) is 14.3. The van der Waals surface area contributed by atoms with Gasteiger partial charge in [0.2, 0.25) is 0 Å². The highest BCUT2D eigenvalue weighted by molar-refractivity contribution is 8.13. The fourth-order valence-corrected chi connectivity index (χ4v) is 1.83. The lowest BCUT2D eigenvalue weighted by Gasteiger charge is -2.24. The molecule has 0 radical (unpaired) electrons. The molecule has 0 aromatic carbocycles. The maximum Gasteiger partial charge on any atom is 0.314 e. The van der Waals surface area contributed by atoms with E-state index in [1.165, 1.54) is 0 Å². The summed E-state index contributed by atoms with van der Waals surface area (Å²) in [5, 5.41) is -0.281. The van der Waals surface area contributed by atoms with E-state index in [9.17, 15) is 31.1 Å². The van der Waals surface area contributed by atoms with Crippen LogP contribution in [-0.2, 0) is 4.79 Å². The topological polar surface area (TPSA) is 17.1 Å². The van der Waals surface area contributed by atoms with Gasteiger partial charge in [-0.3, -0.25) is 4.79 Å². The smallest absolute Gasteiger partial charge is 0.287 e. The molecule has 0 aliphatic rings. The van der Waals surface area contributed by atoms with E-state index in [4.69, 9.17) is 0 Å². The highest BCUT2D eigenvalue weighted by Gasteiger charge is 2.52. The first-order valence-electron chi connectivity index (χ1n) is 5.28. The van der Waals surface area contributed by atoms with E-state index in [-0.39, 0.29) is 17.3 Å². The average Bonchev–Trinajstić information content (AvgIpc) is 2.35. The van der Waals surface area contributed by atoms with Crippen molar-refractivity contribution < 1.29 is 31.1 Å². The fraction of sp³-hybridized carbons (Fsp3) is 0.900. The Kier molecular flexibility index (Phi) is 7.73. The first-order chi connectivity index (χ1) is 8.27. The Morgan fingerprint density at radius 3 is 2.28 bits per heavy atom. The molecule has 0 aliphatic heterocycles. The SMILES string of the molecule is CCC(=O)SCCC(F)C(F)C(F)(F)C(F)CF. The van der Waals surface area contributed by atoms with Gasteiger partial charge in [0.15, 0.2) is 17.5 Å². The van der Waals surface area contributed by atoms with E-state index in [1.807, 2.05) is 0 Å². The van der Waals surface area contributed by atoms with Gasteiger partial charge in [0.05, 0.1) is 0 Å². The van der Waals surface area contributed by atoms with E-state index in [1.54, 1.807) is 6.92 Å². The highest BCUT2D eigenvalue weighted by atomic mass is 32.2. The molecule has 0 rings (SSSR count). The number of hydrogen-bond acceptors (Lipinski definition) is 2. The molecule has 0 aliphatic carbocycles. The van der Waals surface area contributed by atoms with Crippen LogP contribution in [0.3, 0.4) is 0 Å². The minimum atomic E-state index is -4.70. The summed E-state index contributed by atoms with van der Waals surface area (Å²) in [4.78, 5) is 10.8. The van der Waals surface area contributed by atoms with E-state index < -0.39 is 37.5 Å². The fourth-order valence-electron chi connectivity index (χ4n) is 1.05. The third-order valence-corrected chi connectivity index (χ3v) is 3.23. The monoisotopic (exact) mass is 296 g/mol. The molecule has 0 saturated carbocycles. The molecule has 0 amide bonds. The van der Waals surface area contributed by atoms with E-state index in [0.717, 1.165) is 0 Å². The van der Waals surface area contributed by atoms with Crippen molar-refractivity contribution in [3.05, 3.63) is 0 Å². The second-order valence-corrected chi connectivity index (χ2v) is 4.73. The van der Waals surface area contributed by atoms with Gasteiger partial charge in [0.25, 0.3) is 0 Å². The molecule has 108 valence electrons. The Balaban J connectivity index is 4.24. The number of thioether (sulfide) groups is 1. The van der Waals surface area contributed by atoms with Crippen LogP contribution in [-0.4, -0.2) is 42.0 Å². The molecule has 1 nitrogen and oxygen atoms in total. The molecule has 0 N–H and O–H groups in total.